The Morgan fingerprint density at radius 2 is 0.804 bits per heavy atom. The van der Waals surface area contributed by atoms with E-state index in [0.29, 0.717) is 0 Å². The summed E-state index contributed by atoms with van der Waals surface area (Å²) in [6.07, 6.45) is 0. The van der Waals surface area contributed by atoms with Crippen molar-refractivity contribution < 1.29 is 0 Å². The first-order chi connectivity index (χ1) is 25.2. The Hall–Kier alpha value is -6.44. The SMILES string of the molecule is Cc1cc(-c2ccccc2)ccc1N(c1cccc(-c2ccccc2)c1)c1ccc2c(c1)-c1ccccc1C21c2ccccc2-c2ccccc21. The van der Waals surface area contributed by atoms with E-state index in [1.165, 1.54) is 72.3 Å². The molecule has 0 saturated carbocycles. The van der Waals surface area contributed by atoms with Crippen molar-refractivity contribution in [3.8, 4) is 44.5 Å². The molecule has 0 aromatic heterocycles. The van der Waals surface area contributed by atoms with Crippen molar-refractivity contribution in [3.63, 3.8) is 0 Å². The van der Waals surface area contributed by atoms with Crippen LogP contribution in [-0.2, 0) is 5.41 Å². The van der Waals surface area contributed by atoms with Gasteiger partial charge in [-0.3, -0.25) is 0 Å². The molecular formula is C50H35N. The molecule has 0 atom stereocenters. The maximum absolute atomic E-state index is 2.45. The molecule has 0 amide bonds. The Morgan fingerprint density at radius 1 is 0.333 bits per heavy atom. The number of hydrogen-bond acceptors (Lipinski definition) is 1. The van der Waals surface area contributed by atoms with Crippen LogP contribution in [0.3, 0.4) is 0 Å². The smallest absolute Gasteiger partial charge is 0.0725 e. The van der Waals surface area contributed by atoms with Crippen LogP contribution >= 0.6 is 0 Å². The van der Waals surface area contributed by atoms with E-state index in [1.807, 2.05) is 0 Å². The Kier molecular flexibility index (Phi) is 6.69. The van der Waals surface area contributed by atoms with Crippen molar-refractivity contribution in [1.82, 2.24) is 0 Å². The molecule has 240 valence electrons. The second-order valence-corrected chi connectivity index (χ2v) is 13.7. The zero-order valence-electron chi connectivity index (χ0n) is 28.4. The van der Waals surface area contributed by atoms with Gasteiger partial charge in [-0.05, 0) is 116 Å². The van der Waals surface area contributed by atoms with Crippen LogP contribution < -0.4 is 4.90 Å². The van der Waals surface area contributed by atoms with E-state index < -0.39 is 0 Å². The molecule has 51 heavy (non-hydrogen) atoms. The van der Waals surface area contributed by atoms with Gasteiger partial charge in [0, 0.05) is 17.1 Å². The van der Waals surface area contributed by atoms with Crippen molar-refractivity contribution in [1.29, 1.82) is 0 Å². The van der Waals surface area contributed by atoms with Crippen LogP contribution in [0, 0.1) is 6.92 Å². The molecule has 8 aromatic rings. The maximum atomic E-state index is 2.45. The topological polar surface area (TPSA) is 3.24 Å². The zero-order chi connectivity index (χ0) is 33.9. The summed E-state index contributed by atoms with van der Waals surface area (Å²) >= 11 is 0. The molecule has 0 fully saturated rings. The van der Waals surface area contributed by atoms with Crippen LogP contribution in [-0.4, -0.2) is 0 Å². The summed E-state index contributed by atoms with van der Waals surface area (Å²) in [7, 11) is 0. The number of fused-ring (bicyclic) bond motifs is 10. The lowest BCUT2D eigenvalue weighted by atomic mass is 9.70. The van der Waals surface area contributed by atoms with E-state index in [-0.39, 0.29) is 5.41 Å². The number of rotatable bonds is 5. The molecule has 0 heterocycles. The highest BCUT2D eigenvalue weighted by Crippen LogP contribution is 2.63. The molecular weight excluding hydrogens is 615 g/mol. The summed E-state index contributed by atoms with van der Waals surface area (Å²) in [5, 5.41) is 0. The fourth-order valence-corrected chi connectivity index (χ4v) is 8.83. The summed E-state index contributed by atoms with van der Waals surface area (Å²) in [6.45, 7) is 2.24. The highest BCUT2D eigenvalue weighted by atomic mass is 15.1. The second-order valence-electron chi connectivity index (χ2n) is 13.7. The van der Waals surface area contributed by atoms with Crippen molar-refractivity contribution in [2.45, 2.75) is 12.3 Å². The van der Waals surface area contributed by atoms with Crippen molar-refractivity contribution >= 4 is 17.1 Å². The predicted molar refractivity (Wildman–Crippen MR) is 213 cm³/mol. The van der Waals surface area contributed by atoms with E-state index in [2.05, 4.69) is 206 Å². The Balaban J connectivity index is 1.20. The Labute approximate surface area is 299 Å². The lowest BCUT2D eigenvalue weighted by Gasteiger charge is -2.31. The van der Waals surface area contributed by atoms with Crippen LogP contribution in [0.25, 0.3) is 44.5 Å². The van der Waals surface area contributed by atoms with Crippen LogP contribution in [0.15, 0.2) is 194 Å². The number of nitrogens with zero attached hydrogens (tertiary/aromatic N) is 1. The highest BCUT2D eigenvalue weighted by Gasteiger charge is 2.51. The first-order valence-corrected chi connectivity index (χ1v) is 17.8. The molecule has 2 aliphatic rings. The predicted octanol–water partition coefficient (Wildman–Crippen LogP) is 13.1. The minimum absolute atomic E-state index is 0.358. The standard InChI is InChI=1S/C50H35N/c1-34-31-38(36-17-6-3-7-18-36)27-30-49(34)51(39-20-14-19-37(32-39)35-15-4-2-5-16-35)40-28-29-48-44(33-40)43-23-10-13-26-47(43)50(48)45-24-11-8-21-41(45)42-22-9-12-25-46(42)50/h2-33H,1H3. The van der Waals surface area contributed by atoms with Crippen molar-refractivity contribution in [2.24, 2.45) is 0 Å². The minimum atomic E-state index is -0.358. The maximum Gasteiger partial charge on any atom is 0.0725 e. The molecule has 10 rings (SSSR count). The van der Waals surface area contributed by atoms with Gasteiger partial charge in [0.25, 0.3) is 0 Å². The lowest BCUT2D eigenvalue weighted by Crippen LogP contribution is -2.25. The molecule has 0 unspecified atom stereocenters. The summed E-state index contributed by atoms with van der Waals surface area (Å²) in [4.78, 5) is 2.45. The number of anilines is 3. The van der Waals surface area contributed by atoms with Gasteiger partial charge in [0.2, 0.25) is 0 Å². The van der Waals surface area contributed by atoms with Gasteiger partial charge in [0.1, 0.15) is 0 Å². The molecule has 0 aliphatic heterocycles. The number of benzene rings is 8. The van der Waals surface area contributed by atoms with Gasteiger partial charge in [-0.2, -0.15) is 0 Å². The number of aryl methyl sites for hydroxylation is 1. The van der Waals surface area contributed by atoms with Gasteiger partial charge in [-0.25, -0.2) is 0 Å². The molecule has 1 heteroatoms. The third-order valence-corrected chi connectivity index (χ3v) is 11.0. The number of hydrogen-bond donors (Lipinski definition) is 0. The van der Waals surface area contributed by atoms with Gasteiger partial charge in [-0.1, -0.05) is 158 Å². The monoisotopic (exact) mass is 649 g/mol. The molecule has 1 spiro atoms. The van der Waals surface area contributed by atoms with Crippen LogP contribution in [0.1, 0.15) is 27.8 Å². The van der Waals surface area contributed by atoms with Gasteiger partial charge in [0.05, 0.1) is 5.41 Å². The average Bonchev–Trinajstić information content (AvgIpc) is 3.67. The summed E-state index contributed by atoms with van der Waals surface area (Å²) in [5.74, 6) is 0. The third kappa shape index (κ3) is 4.41. The van der Waals surface area contributed by atoms with Crippen molar-refractivity contribution in [3.05, 3.63) is 222 Å². The summed E-state index contributed by atoms with van der Waals surface area (Å²) in [6, 6.07) is 71.4. The molecule has 0 radical (unpaired) electrons. The van der Waals surface area contributed by atoms with E-state index >= 15 is 0 Å². The largest absolute Gasteiger partial charge is 0.310 e. The van der Waals surface area contributed by atoms with E-state index in [4.69, 9.17) is 0 Å². The molecule has 2 aliphatic carbocycles. The van der Waals surface area contributed by atoms with Gasteiger partial charge < -0.3 is 4.90 Å². The molecule has 8 aromatic carbocycles. The molecule has 1 nitrogen and oxygen atoms in total. The second kappa shape index (κ2) is 11.6. The summed E-state index contributed by atoms with van der Waals surface area (Å²) < 4.78 is 0. The average molecular weight is 650 g/mol. The fraction of sp³-hybridized carbons (Fsp3) is 0.0400. The lowest BCUT2D eigenvalue weighted by molar-refractivity contribution is 0.794. The minimum Gasteiger partial charge on any atom is -0.310 e. The van der Waals surface area contributed by atoms with Gasteiger partial charge in [0.15, 0.2) is 0 Å². The molecule has 0 saturated heterocycles. The summed E-state index contributed by atoms with van der Waals surface area (Å²) in [5.41, 5.74) is 19.8. The van der Waals surface area contributed by atoms with Crippen molar-refractivity contribution in [2.75, 3.05) is 4.90 Å². The Morgan fingerprint density at radius 3 is 1.39 bits per heavy atom. The fourth-order valence-electron chi connectivity index (χ4n) is 8.83. The van der Waals surface area contributed by atoms with Gasteiger partial charge in [-0.15, -0.1) is 0 Å². The molecule has 0 bridgehead atoms. The van der Waals surface area contributed by atoms with Crippen LogP contribution in [0.2, 0.25) is 0 Å². The van der Waals surface area contributed by atoms with Crippen LogP contribution in [0.5, 0.6) is 0 Å². The zero-order valence-corrected chi connectivity index (χ0v) is 28.4. The quantitative estimate of drug-likeness (QED) is 0.179. The van der Waals surface area contributed by atoms with E-state index in [0.717, 1.165) is 17.1 Å². The third-order valence-electron chi connectivity index (χ3n) is 11.0. The van der Waals surface area contributed by atoms with E-state index in [9.17, 15) is 0 Å². The highest BCUT2D eigenvalue weighted by molar-refractivity contribution is 5.96. The van der Waals surface area contributed by atoms with Gasteiger partial charge >= 0.3 is 0 Å². The first kappa shape index (κ1) is 29.5. The Bertz CT molecular complexity index is 2550. The van der Waals surface area contributed by atoms with Crippen LogP contribution in [0.4, 0.5) is 17.1 Å². The molecule has 0 N–H and O–H groups in total. The van der Waals surface area contributed by atoms with E-state index in [1.54, 1.807) is 0 Å². The normalized spacial score (nSPS) is 13.0. The first-order valence-electron chi connectivity index (χ1n) is 17.8.